The van der Waals surface area contributed by atoms with Crippen molar-refractivity contribution in [3.63, 3.8) is 0 Å². The number of nitrogens with two attached hydrogens (primary N) is 1. The summed E-state index contributed by atoms with van der Waals surface area (Å²) in [5.74, 6) is -2.44. The Morgan fingerprint density at radius 3 is 2.37 bits per heavy atom. The number of carboxylic acids is 1. The molecular weight excluding hydrogens is 274 g/mol. The maximum Gasteiger partial charge on any atom is 0.304 e. The van der Waals surface area contributed by atoms with Crippen molar-refractivity contribution in [1.29, 1.82) is 0 Å². The van der Waals surface area contributed by atoms with Crippen LogP contribution >= 0.6 is 0 Å². The highest BCUT2D eigenvalue weighted by atomic mass is 32.2. The number of sulfonamides is 1. The minimum atomic E-state index is -3.79. The summed E-state index contributed by atoms with van der Waals surface area (Å²) in [4.78, 5) is 21.5. The van der Waals surface area contributed by atoms with Crippen LogP contribution in [0.2, 0.25) is 0 Å². The molecular formula is C10H19N3O5S. The average molecular weight is 293 g/mol. The van der Waals surface area contributed by atoms with Crippen LogP contribution in [0, 0.1) is 0 Å². The summed E-state index contributed by atoms with van der Waals surface area (Å²) in [5.41, 5.74) is 5.08. The first-order chi connectivity index (χ1) is 8.83. The number of primary amides is 1. The summed E-state index contributed by atoms with van der Waals surface area (Å²) in [6.07, 6.45) is 0.682. The van der Waals surface area contributed by atoms with E-state index in [1.165, 1.54) is 0 Å². The number of piperidine rings is 1. The summed E-state index contributed by atoms with van der Waals surface area (Å²) < 4.78 is 25.3. The maximum atomic E-state index is 12.1. The third-order valence-electron chi connectivity index (χ3n) is 2.96. The topological polar surface area (TPSA) is 130 Å². The van der Waals surface area contributed by atoms with Gasteiger partial charge in [-0.15, -0.1) is 0 Å². The van der Waals surface area contributed by atoms with Crippen molar-refractivity contribution in [2.75, 3.05) is 25.4 Å². The number of aliphatic carboxylic acids is 1. The van der Waals surface area contributed by atoms with E-state index in [4.69, 9.17) is 10.8 Å². The molecule has 0 bridgehead atoms. The molecule has 110 valence electrons. The van der Waals surface area contributed by atoms with Gasteiger partial charge in [0.05, 0.1) is 18.7 Å². The molecule has 0 spiro atoms. The van der Waals surface area contributed by atoms with Crippen molar-refractivity contribution in [2.45, 2.75) is 25.3 Å². The van der Waals surface area contributed by atoms with Gasteiger partial charge in [-0.25, -0.2) is 8.42 Å². The molecule has 0 aromatic carbocycles. The van der Waals surface area contributed by atoms with Crippen LogP contribution in [0.15, 0.2) is 0 Å². The number of rotatable bonds is 7. The van der Waals surface area contributed by atoms with Crippen molar-refractivity contribution in [3.8, 4) is 0 Å². The molecule has 1 amide bonds. The van der Waals surface area contributed by atoms with Crippen molar-refractivity contribution >= 4 is 21.9 Å². The number of hydrogen-bond acceptors (Lipinski definition) is 5. The van der Waals surface area contributed by atoms with Gasteiger partial charge in [0.2, 0.25) is 15.9 Å². The van der Waals surface area contributed by atoms with Gasteiger partial charge >= 0.3 is 5.97 Å². The molecule has 4 N–H and O–H groups in total. The standard InChI is InChI=1S/C10H19N3O5S/c11-9(14)7-13(8-1-4-12-5-2-8)19(17,18)6-3-10(15)16/h8,12H,1-7H2,(H2,11,14)(H,15,16). The van der Waals surface area contributed by atoms with Gasteiger partial charge in [0.1, 0.15) is 0 Å². The zero-order valence-corrected chi connectivity index (χ0v) is 11.4. The third kappa shape index (κ3) is 5.13. The Bertz CT molecular complexity index is 430. The average Bonchev–Trinajstić information content (AvgIpc) is 2.34. The lowest BCUT2D eigenvalue weighted by Gasteiger charge is -2.32. The van der Waals surface area contributed by atoms with E-state index < -0.39 is 40.6 Å². The first kappa shape index (κ1) is 15.9. The van der Waals surface area contributed by atoms with Crippen molar-refractivity contribution < 1.29 is 23.1 Å². The first-order valence-corrected chi connectivity index (χ1v) is 7.64. The molecule has 0 aromatic rings. The molecule has 0 aromatic heterocycles. The summed E-state index contributed by atoms with van der Waals surface area (Å²) in [6, 6.07) is -0.299. The van der Waals surface area contributed by atoms with Gasteiger partial charge in [0.25, 0.3) is 0 Å². The lowest BCUT2D eigenvalue weighted by molar-refractivity contribution is -0.136. The Hall–Kier alpha value is -1.19. The van der Waals surface area contributed by atoms with E-state index in [1.54, 1.807) is 0 Å². The van der Waals surface area contributed by atoms with E-state index in [1.807, 2.05) is 0 Å². The molecule has 1 heterocycles. The molecule has 9 heteroatoms. The van der Waals surface area contributed by atoms with E-state index in [-0.39, 0.29) is 6.04 Å². The number of carboxylic acid groups (broad SMARTS) is 1. The molecule has 1 aliphatic heterocycles. The Kier molecular flexibility index (Phi) is 5.70. The second-order valence-electron chi connectivity index (χ2n) is 4.45. The number of carbonyl (C=O) groups is 2. The highest BCUT2D eigenvalue weighted by Crippen LogP contribution is 2.16. The number of amides is 1. The molecule has 0 atom stereocenters. The summed E-state index contributed by atoms with van der Waals surface area (Å²) in [6.45, 7) is 0.926. The van der Waals surface area contributed by atoms with E-state index in [0.717, 1.165) is 4.31 Å². The highest BCUT2D eigenvalue weighted by Gasteiger charge is 2.32. The van der Waals surface area contributed by atoms with Gasteiger partial charge in [0.15, 0.2) is 0 Å². The number of carbonyl (C=O) groups excluding carboxylic acids is 1. The van der Waals surface area contributed by atoms with Crippen LogP contribution in [0.3, 0.4) is 0 Å². The Morgan fingerprint density at radius 2 is 1.89 bits per heavy atom. The van der Waals surface area contributed by atoms with E-state index in [2.05, 4.69) is 5.32 Å². The van der Waals surface area contributed by atoms with Crippen LogP contribution in [0.1, 0.15) is 19.3 Å². The highest BCUT2D eigenvalue weighted by molar-refractivity contribution is 7.89. The Morgan fingerprint density at radius 1 is 1.32 bits per heavy atom. The number of hydrogen-bond donors (Lipinski definition) is 3. The van der Waals surface area contributed by atoms with E-state index in [9.17, 15) is 18.0 Å². The van der Waals surface area contributed by atoms with Crippen LogP contribution in [0.4, 0.5) is 0 Å². The van der Waals surface area contributed by atoms with Gasteiger partial charge in [-0.05, 0) is 25.9 Å². The molecule has 19 heavy (non-hydrogen) atoms. The number of nitrogens with one attached hydrogen (secondary N) is 1. The van der Waals surface area contributed by atoms with Crippen LogP contribution in [0.25, 0.3) is 0 Å². The van der Waals surface area contributed by atoms with Gasteiger partial charge in [-0.3, -0.25) is 9.59 Å². The lowest BCUT2D eigenvalue weighted by atomic mass is 10.1. The normalized spacial score (nSPS) is 17.5. The largest absolute Gasteiger partial charge is 0.481 e. The summed E-state index contributed by atoms with van der Waals surface area (Å²) in [5, 5.41) is 11.7. The fraction of sp³-hybridized carbons (Fsp3) is 0.800. The molecule has 0 aliphatic carbocycles. The zero-order chi connectivity index (χ0) is 14.5. The second kappa shape index (κ2) is 6.83. The van der Waals surface area contributed by atoms with E-state index >= 15 is 0 Å². The van der Waals surface area contributed by atoms with Crippen LogP contribution in [0.5, 0.6) is 0 Å². The monoisotopic (exact) mass is 293 g/mol. The van der Waals surface area contributed by atoms with Crippen LogP contribution < -0.4 is 11.1 Å². The summed E-state index contributed by atoms with van der Waals surface area (Å²) >= 11 is 0. The van der Waals surface area contributed by atoms with Crippen molar-refractivity contribution in [1.82, 2.24) is 9.62 Å². The molecule has 0 radical (unpaired) electrons. The van der Waals surface area contributed by atoms with Crippen LogP contribution in [-0.4, -0.2) is 61.1 Å². The number of nitrogens with zero attached hydrogens (tertiary/aromatic N) is 1. The molecule has 0 unspecified atom stereocenters. The molecule has 1 rings (SSSR count). The molecule has 8 nitrogen and oxygen atoms in total. The Labute approximate surface area is 112 Å². The predicted octanol–water partition coefficient (Wildman–Crippen LogP) is -1.67. The quantitative estimate of drug-likeness (QED) is 0.514. The lowest BCUT2D eigenvalue weighted by Crippen LogP contribution is -2.50. The Balaban J connectivity index is 2.81. The minimum Gasteiger partial charge on any atom is -0.481 e. The van der Waals surface area contributed by atoms with Crippen LogP contribution in [-0.2, 0) is 19.6 Å². The van der Waals surface area contributed by atoms with E-state index in [0.29, 0.717) is 25.9 Å². The van der Waals surface area contributed by atoms with Crippen molar-refractivity contribution in [2.24, 2.45) is 5.73 Å². The fourth-order valence-corrected chi connectivity index (χ4v) is 3.69. The molecule has 1 aliphatic rings. The van der Waals surface area contributed by atoms with Crippen molar-refractivity contribution in [3.05, 3.63) is 0 Å². The summed E-state index contributed by atoms with van der Waals surface area (Å²) in [7, 11) is -3.79. The molecule has 1 saturated heterocycles. The molecule has 0 saturated carbocycles. The third-order valence-corrected chi connectivity index (χ3v) is 4.82. The molecule has 1 fully saturated rings. The van der Waals surface area contributed by atoms with Gasteiger partial charge in [0, 0.05) is 6.04 Å². The SMILES string of the molecule is NC(=O)CN(C1CCNCC1)S(=O)(=O)CCC(=O)O. The fourth-order valence-electron chi connectivity index (χ4n) is 2.04. The van der Waals surface area contributed by atoms with Gasteiger partial charge < -0.3 is 16.2 Å². The second-order valence-corrected chi connectivity index (χ2v) is 6.49. The van der Waals surface area contributed by atoms with Gasteiger partial charge in [-0.1, -0.05) is 0 Å². The zero-order valence-electron chi connectivity index (χ0n) is 10.5. The predicted molar refractivity (Wildman–Crippen MR) is 67.8 cm³/mol. The minimum absolute atomic E-state index is 0.299. The maximum absolute atomic E-state index is 12.1. The van der Waals surface area contributed by atoms with Gasteiger partial charge in [-0.2, -0.15) is 4.31 Å². The smallest absolute Gasteiger partial charge is 0.304 e. The first-order valence-electron chi connectivity index (χ1n) is 6.03.